The molecule has 1 aliphatic rings. The SMILES string of the molecule is C=CC(=O)N1CC[N+](C)(C)CC1.N/C(=C\c1cc[nH]c1N)c1ccccc1O. The van der Waals surface area contributed by atoms with E-state index in [2.05, 4.69) is 25.7 Å². The van der Waals surface area contributed by atoms with Gasteiger partial charge in [0.2, 0.25) is 5.91 Å². The van der Waals surface area contributed by atoms with Gasteiger partial charge in [-0.05, 0) is 30.4 Å². The number of quaternary nitrogens is 1. The molecule has 7 heteroatoms. The third-order valence-electron chi connectivity index (χ3n) is 4.78. The number of nitrogens with one attached hydrogen (secondary N) is 1. The zero-order valence-corrected chi connectivity index (χ0v) is 16.6. The van der Waals surface area contributed by atoms with E-state index in [0.29, 0.717) is 17.1 Å². The van der Waals surface area contributed by atoms with Crippen molar-refractivity contribution in [1.29, 1.82) is 0 Å². The third-order valence-corrected chi connectivity index (χ3v) is 4.78. The van der Waals surface area contributed by atoms with Crippen molar-refractivity contribution in [1.82, 2.24) is 9.88 Å². The Labute approximate surface area is 166 Å². The fourth-order valence-electron chi connectivity index (χ4n) is 2.84. The molecule has 2 aromatic rings. The van der Waals surface area contributed by atoms with Gasteiger partial charge in [-0.3, -0.25) is 4.79 Å². The van der Waals surface area contributed by atoms with Crippen LogP contribution in [0, 0.1) is 0 Å². The summed E-state index contributed by atoms with van der Waals surface area (Å²) in [4.78, 5) is 15.9. The van der Waals surface area contributed by atoms with Crippen LogP contribution < -0.4 is 11.5 Å². The van der Waals surface area contributed by atoms with E-state index >= 15 is 0 Å². The van der Waals surface area contributed by atoms with Gasteiger partial charge in [0.25, 0.3) is 0 Å². The lowest BCUT2D eigenvalue weighted by molar-refractivity contribution is -0.894. The van der Waals surface area contributed by atoms with Crippen LogP contribution in [0.25, 0.3) is 11.8 Å². The smallest absolute Gasteiger partial charge is 0.246 e. The van der Waals surface area contributed by atoms with Crippen LogP contribution >= 0.6 is 0 Å². The van der Waals surface area contributed by atoms with Crippen LogP contribution in [0.5, 0.6) is 5.75 Å². The molecule has 2 heterocycles. The lowest BCUT2D eigenvalue weighted by Gasteiger charge is -2.38. The van der Waals surface area contributed by atoms with Crippen LogP contribution in [-0.2, 0) is 4.79 Å². The molecule has 1 amide bonds. The molecule has 1 aliphatic heterocycles. The second-order valence-corrected chi connectivity index (χ2v) is 7.38. The van der Waals surface area contributed by atoms with Gasteiger partial charge in [0, 0.05) is 23.0 Å². The first-order chi connectivity index (χ1) is 13.2. The summed E-state index contributed by atoms with van der Waals surface area (Å²) in [6.45, 7) is 7.28. The first-order valence-electron chi connectivity index (χ1n) is 9.15. The van der Waals surface area contributed by atoms with Crippen molar-refractivity contribution in [3.8, 4) is 5.75 Å². The molecule has 6 N–H and O–H groups in total. The van der Waals surface area contributed by atoms with Crippen molar-refractivity contribution in [2.75, 3.05) is 46.0 Å². The molecule has 1 saturated heterocycles. The molecule has 3 rings (SSSR count). The lowest BCUT2D eigenvalue weighted by Crippen LogP contribution is -2.55. The Balaban J connectivity index is 0.000000209. The second-order valence-electron chi connectivity index (χ2n) is 7.38. The summed E-state index contributed by atoms with van der Waals surface area (Å²) in [5.74, 6) is 0.776. The van der Waals surface area contributed by atoms with E-state index in [0.717, 1.165) is 36.2 Å². The number of aromatic nitrogens is 1. The Hall–Kier alpha value is -3.19. The highest BCUT2D eigenvalue weighted by Gasteiger charge is 2.25. The monoisotopic (exact) mass is 384 g/mol. The van der Waals surface area contributed by atoms with E-state index in [-0.39, 0.29) is 11.7 Å². The zero-order chi connectivity index (χ0) is 20.7. The molecule has 1 aromatic heterocycles. The predicted octanol–water partition coefficient (Wildman–Crippen LogP) is 1.85. The molecule has 150 valence electrons. The molecule has 7 nitrogen and oxygen atoms in total. The fraction of sp³-hybridized carbons (Fsp3) is 0.286. The number of hydrogen-bond donors (Lipinski definition) is 4. The number of rotatable bonds is 3. The van der Waals surface area contributed by atoms with Gasteiger partial charge in [0.15, 0.2) is 0 Å². The number of H-pyrrole nitrogens is 1. The molecule has 0 saturated carbocycles. The Morgan fingerprint density at radius 3 is 2.43 bits per heavy atom. The van der Waals surface area contributed by atoms with Crippen LogP contribution in [-0.4, -0.2) is 65.7 Å². The number of likely N-dealkylation sites (N-methyl/N-ethyl adjacent to an activating group) is 1. The maximum absolute atomic E-state index is 11.2. The number of carbonyl (C=O) groups excluding carboxylic acids is 1. The van der Waals surface area contributed by atoms with Gasteiger partial charge in [-0.1, -0.05) is 18.7 Å². The van der Waals surface area contributed by atoms with E-state index < -0.39 is 0 Å². The molecule has 1 aromatic carbocycles. The summed E-state index contributed by atoms with van der Waals surface area (Å²) in [6.07, 6.45) is 4.85. The van der Waals surface area contributed by atoms with E-state index in [1.165, 1.54) is 6.08 Å². The Kier molecular flexibility index (Phi) is 6.89. The number of benzene rings is 1. The first-order valence-corrected chi connectivity index (χ1v) is 9.15. The van der Waals surface area contributed by atoms with Crippen molar-refractivity contribution in [3.63, 3.8) is 0 Å². The Morgan fingerprint density at radius 1 is 1.25 bits per heavy atom. The molecule has 28 heavy (non-hydrogen) atoms. The number of hydrogen-bond acceptors (Lipinski definition) is 4. The maximum Gasteiger partial charge on any atom is 0.246 e. The van der Waals surface area contributed by atoms with Gasteiger partial charge >= 0.3 is 0 Å². The highest BCUT2D eigenvalue weighted by molar-refractivity contribution is 5.87. The normalized spacial score (nSPS) is 16.1. The molecule has 0 atom stereocenters. The summed E-state index contributed by atoms with van der Waals surface area (Å²) in [7, 11) is 4.38. The van der Waals surface area contributed by atoms with Crippen molar-refractivity contribution < 1.29 is 14.4 Å². The van der Waals surface area contributed by atoms with E-state index in [1.807, 2.05) is 17.0 Å². The molecule has 0 spiro atoms. The van der Waals surface area contributed by atoms with Crippen LogP contribution in [0.3, 0.4) is 0 Å². The van der Waals surface area contributed by atoms with E-state index in [9.17, 15) is 9.90 Å². The second kappa shape index (κ2) is 9.14. The number of carbonyl (C=O) groups is 1. The van der Waals surface area contributed by atoms with Crippen LogP contribution in [0.2, 0.25) is 0 Å². The molecule has 0 aliphatic carbocycles. The highest BCUT2D eigenvalue weighted by atomic mass is 16.3. The van der Waals surface area contributed by atoms with Crippen molar-refractivity contribution in [2.24, 2.45) is 5.73 Å². The predicted molar refractivity (Wildman–Crippen MR) is 114 cm³/mol. The van der Waals surface area contributed by atoms with Gasteiger partial charge in [0.05, 0.1) is 40.3 Å². The Bertz CT molecular complexity index is 844. The quantitative estimate of drug-likeness (QED) is 0.478. The summed E-state index contributed by atoms with van der Waals surface area (Å²) < 4.78 is 1.01. The number of piperazine rings is 1. The summed E-state index contributed by atoms with van der Waals surface area (Å²) in [5, 5.41) is 9.62. The summed E-state index contributed by atoms with van der Waals surface area (Å²) in [6, 6.07) is 8.73. The lowest BCUT2D eigenvalue weighted by atomic mass is 10.1. The van der Waals surface area contributed by atoms with Gasteiger partial charge in [-0.15, -0.1) is 0 Å². The molecule has 1 fully saturated rings. The minimum atomic E-state index is 0.0645. The number of para-hydroxylation sites is 1. The van der Waals surface area contributed by atoms with Crippen LogP contribution in [0.4, 0.5) is 5.82 Å². The molecular formula is C21H30N5O2+. The average molecular weight is 385 g/mol. The summed E-state index contributed by atoms with van der Waals surface area (Å²) >= 11 is 0. The zero-order valence-electron chi connectivity index (χ0n) is 16.6. The number of nitrogen functional groups attached to an aromatic ring is 1. The molecule has 0 unspecified atom stereocenters. The first kappa shape index (κ1) is 21.1. The number of nitrogens with two attached hydrogens (primary N) is 2. The number of nitrogens with zero attached hydrogens (tertiary/aromatic N) is 2. The van der Waals surface area contributed by atoms with Gasteiger partial charge in [-0.2, -0.15) is 0 Å². The number of phenols is 1. The van der Waals surface area contributed by atoms with E-state index in [1.54, 1.807) is 30.5 Å². The van der Waals surface area contributed by atoms with Gasteiger partial charge in [0.1, 0.15) is 11.6 Å². The summed E-state index contributed by atoms with van der Waals surface area (Å²) in [5.41, 5.74) is 13.5. The molecule has 0 bridgehead atoms. The minimum absolute atomic E-state index is 0.0645. The topological polar surface area (TPSA) is 108 Å². The Morgan fingerprint density at radius 2 is 1.89 bits per heavy atom. The number of amides is 1. The van der Waals surface area contributed by atoms with Gasteiger partial charge < -0.3 is 30.9 Å². The van der Waals surface area contributed by atoms with Crippen molar-refractivity contribution >= 4 is 23.5 Å². The number of aromatic hydroxyl groups is 1. The van der Waals surface area contributed by atoms with Crippen molar-refractivity contribution in [2.45, 2.75) is 0 Å². The van der Waals surface area contributed by atoms with Crippen molar-refractivity contribution in [3.05, 3.63) is 60.3 Å². The number of anilines is 1. The molecule has 0 radical (unpaired) electrons. The van der Waals surface area contributed by atoms with Crippen LogP contribution in [0.1, 0.15) is 11.1 Å². The third kappa shape index (κ3) is 5.65. The minimum Gasteiger partial charge on any atom is -0.507 e. The van der Waals surface area contributed by atoms with Gasteiger partial charge in [-0.25, -0.2) is 0 Å². The fourth-order valence-corrected chi connectivity index (χ4v) is 2.84. The van der Waals surface area contributed by atoms with Crippen LogP contribution in [0.15, 0.2) is 49.2 Å². The van der Waals surface area contributed by atoms with E-state index in [4.69, 9.17) is 11.5 Å². The standard InChI is InChI=1S/C12H13N3O.C9H17N2O/c13-10(7-8-5-6-15-12(8)14)9-3-1-2-4-11(9)16;1-4-9(12)10-5-7-11(2,3)8-6-10/h1-7,15-16H,13-14H2;4H,1,5-8H2,2-3H3/q;+1/b10-7-;. The molecular weight excluding hydrogens is 354 g/mol. The highest BCUT2D eigenvalue weighted by Crippen LogP contribution is 2.24. The largest absolute Gasteiger partial charge is 0.507 e. The number of phenolic OH excluding ortho intramolecular Hbond substituents is 1. The average Bonchev–Trinajstić information content (AvgIpc) is 3.06. The maximum atomic E-state index is 11.2. The number of aromatic amines is 1.